The molecule has 0 bridgehead atoms. The van der Waals surface area contributed by atoms with Gasteiger partial charge < -0.3 is 0 Å². The molecule has 0 fully saturated rings. The highest BCUT2D eigenvalue weighted by Gasteiger charge is 2.09. The molecule has 0 spiro atoms. The monoisotopic (exact) mass is 350 g/mol. The molecule has 2 amide bonds. The summed E-state index contributed by atoms with van der Waals surface area (Å²) in [6, 6.07) is 12.2. The molecule has 0 atom stereocenters. The van der Waals surface area contributed by atoms with Crippen molar-refractivity contribution in [2.75, 3.05) is 0 Å². The zero-order valence-electron chi connectivity index (χ0n) is 12.5. The van der Waals surface area contributed by atoms with E-state index < -0.39 is 0 Å². The molecule has 120 valence electrons. The molecule has 23 heavy (non-hydrogen) atoms. The number of carbonyl (C=O) groups excluding carboxylic acids is 2. The molecule has 0 heterocycles. The number of hydrogen-bond donors (Lipinski definition) is 2. The van der Waals surface area contributed by atoms with Crippen LogP contribution < -0.4 is 10.9 Å². The van der Waals surface area contributed by atoms with Crippen LogP contribution in [0.25, 0.3) is 0 Å². The summed E-state index contributed by atoms with van der Waals surface area (Å²) in [5.74, 6) is -0.711. The van der Waals surface area contributed by atoms with Crippen molar-refractivity contribution in [2.45, 2.75) is 19.8 Å². The van der Waals surface area contributed by atoms with E-state index in [1.54, 1.807) is 30.3 Å². The second kappa shape index (κ2) is 7.99. The van der Waals surface area contributed by atoms with Crippen molar-refractivity contribution in [2.24, 2.45) is 0 Å². The summed E-state index contributed by atoms with van der Waals surface area (Å²) in [6.07, 6.45) is 0.994. The highest BCUT2D eigenvalue weighted by atomic mass is 35.5. The first kappa shape index (κ1) is 17.3. The summed E-state index contributed by atoms with van der Waals surface area (Å²) in [7, 11) is 0. The van der Waals surface area contributed by atoms with Crippen LogP contribution in [0, 0.1) is 0 Å². The Labute approximate surface area is 144 Å². The molecule has 2 aromatic carbocycles. The molecule has 2 aromatic rings. The second-order valence-corrected chi connectivity index (χ2v) is 5.79. The standard InChI is InChI=1S/C17H16Cl2N2O2/c1-2-11-3-6-13(7-4-11)17(23)21-20-16(22)10-12-5-8-14(18)15(19)9-12/h3-9H,2,10H2,1H3,(H,20,22)(H,21,23). The number of rotatable bonds is 4. The minimum atomic E-state index is -0.366. The second-order valence-electron chi connectivity index (χ2n) is 4.98. The number of aryl methyl sites for hydroxylation is 1. The van der Waals surface area contributed by atoms with Gasteiger partial charge in [0.05, 0.1) is 16.5 Å². The summed E-state index contributed by atoms with van der Waals surface area (Å²) in [6.45, 7) is 2.04. The fourth-order valence-corrected chi connectivity index (χ4v) is 2.29. The Morgan fingerprint density at radius 1 is 0.913 bits per heavy atom. The first-order valence-corrected chi connectivity index (χ1v) is 7.87. The van der Waals surface area contributed by atoms with Gasteiger partial charge in [0, 0.05) is 5.56 Å². The fraction of sp³-hybridized carbons (Fsp3) is 0.176. The maximum absolute atomic E-state index is 11.9. The van der Waals surface area contributed by atoms with Crippen LogP contribution >= 0.6 is 23.2 Å². The molecular weight excluding hydrogens is 335 g/mol. The number of hydrazine groups is 1. The predicted octanol–water partition coefficient (Wildman–Crippen LogP) is 3.56. The molecule has 2 rings (SSSR count). The largest absolute Gasteiger partial charge is 0.273 e. The van der Waals surface area contributed by atoms with Crippen molar-refractivity contribution >= 4 is 35.0 Å². The van der Waals surface area contributed by atoms with Gasteiger partial charge in [0.2, 0.25) is 5.91 Å². The summed E-state index contributed by atoms with van der Waals surface area (Å²) in [4.78, 5) is 23.8. The van der Waals surface area contributed by atoms with Crippen molar-refractivity contribution in [1.29, 1.82) is 0 Å². The third kappa shape index (κ3) is 4.98. The Morgan fingerprint density at radius 2 is 1.57 bits per heavy atom. The van der Waals surface area contributed by atoms with Gasteiger partial charge in [-0.3, -0.25) is 20.4 Å². The number of amides is 2. The van der Waals surface area contributed by atoms with E-state index in [0.717, 1.165) is 12.0 Å². The molecule has 0 saturated heterocycles. The number of halogens is 2. The van der Waals surface area contributed by atoms with Crippen LogP contribution in [-0.2, 0) is 17.6 Å². The molecule has 0 saturated carbocycles. The van der Waals surface area contributed by atoms with E-state index in [-0.39, 0.29) is 18.2 Å². The average Bonchev–Trinajstić information content (AvgIpc) is 2.56. The van der Waals surface area contributed by atoms with Gasteiger partial charge in [0.1, 0.15) is 0 Å². The van der Waals surface area contributed by atoms with Crippen molar-refractivity contribution in [1.82, 2.24) is 10.9 Å². The Bertz CT molecular complexity index is 715. The molecule has 0 aliphatic heterocycles. The summed E-state index contributed by atoms with van der Waals surface area (Å²) >= 11 is 11.7. The van der Waals surface area contributed by atoms with Crippen LogP contribution in [0.15, 0.2) is 42.5 Å². The zero-order valence-corrected chi connectivity index (χ0v) is 14.0. The van der Waals surface area contributed by atoms with E-state index in [1.165, 1.54) is 0 Å². The maximum Gasteiger partial charge on any atom is 0.269 e. The third-order valence-electron chi connectivity index (χ3n) is 3.29. The van der Waals surface area contributed by atoms with Gasteiger partial charge in [-0.1, -0.05) is 48.3 Å². The number of hydrogen-bond acceptors (Lipinski definition) is 2. The van der Waals surface area contributed by atoms with Crippen molar-refractivity contribution < 1.29 is 9.59 Å². The fourth-order valence-electron chi connectivity index (χ4n) is 1.97. The van der Waals surface area contributed by atoms with E-state index >= 15 is 0 Å². The lowest BCUT2D eigenvalue weighted by Gasteiger charge is -2.08. The number of carbonyl (C=O) groups is 2. The third-order valence-corrected chi connectivity index (χ3v) is 4.03. The Morgan fingerprint density at radius 3 is 2.17 bits per heavy atom. The molecule has 0 radical (unpaired) electrons. The van der Waals surface area contributed by atoms with Gasteiger partial charge in [0.15, 0.2) is 0 Å². The first-order valence-electron chi connectivity index (χ1n) is 7.11. The topological polar surface area (TPSA) is 58.2 Å². The number of benzene rings is 2. The van der Waals surface area contributed by atoms with Gasteiger partial charge in [-0.15, -0.1) is 0 Å². The molecule has 6 heteroatoms. The molecule has 2 N–H and O–H groups in total. The molecule has 4 nitrogen and oxygen atoms in total. The van der Waals surface area contributed by atoms with Gasteiger partial charge in [0.25, 0.3) is 5.91 Å². The van der Waals surface area contributed by atoms with Gasteiger partial charge in [-0.25, -0.2) is 0 Å². The quantitative estimate of drug-likeness (QED) is 0.828. The van der Waals surface area contributed by atoms with Gasteiger partial charge in [-0.2, -0.15) is 0 Å². The Kier molecular flexibility index (Phi) is 6.02. The van der Waals surface area contributed by atoms with Crippen LogP contribution in [-0.4, -0.2) is 11.8 Å². The van der Waals surface area contributed by atoms with Crippen LogP contribution in [0.3, 0.4) is 0 Å². The zero-order chi connectivity index (χ0) is 16.8. The Balaban J connectivity index is 1.87. The highest BCUT2D eigenvalue weighted by molar-refractivity contribution is 6.42. The van der Waals surface area contributed by atoms with E-state index in [1.807, 2.05) is 19.1 Å². The minimum absolute atomic E-state index is 0.0892. The van der Waals surface area contributed by atoms with Crippen molar-refractivity contribution in [3.8, 4) is 0 Å². The maximum atomic E-state index is 11.9. The average molecular weight is 351 g/mol. The van der Waals surface area contributed by atoms with Crippen molar-refractivity contribution in [3.05, 3.63) is 69.2 Å². The predicted molar refractivity (Wildman–Crippen MR) is 91.6 cm³/mol. The van der Waals surface area contributed by atoms with E-state index in [9.17, 15) is 9.59 Å². The van der Waals surface area contributed by atoms with Crippen LogP contribution in [0.4, 0.5) is 0 Å². The molecule has 0 aromatic heterocycles. The smallest absolute Gasteiger partial charge is 0.269 e. The van der Waals surface area contributed by atoms with Gasteiger partial charge >= 0.3 is 0 Å². The lowest BCUT2D eigenvalue weighted by molar-refractivity contribution is -0.121. The van der Waals surface area contributed by atoms with Crippen molar-refractivity contribution in [3.63, 3.8) is 0 Å². The van der Waals surface area contributed by atoms with Gasteiger partial charge in [-0.05, 0) is 41.8 Å². The lowest BCUT2D eigenvalue weighted by Crippen LogP contribution is -2.42. The first-order chi connectivity index (χ1) is 11.0. The van der Waals surface area contributed by atoms with E-state index in [2.05, 4.69) is 10.9 Å². The van der Waals surface area contributed by atoms with Crippen LogP contribution in [0.2, 0.25) is 10.0 Å². The lowest BCUT2D eigenvalue weighted by atomic mass is 10.1. The molecule has 0 aliphatic rings. The SMILES string of the molecule is CCc1ccc(C(=O)NNC(=O)Cc2ccc(Cl)c(Cl)c2)cc1. The highest BCUT2D eigenvalue weighted by Crippen LogP contribution is 2.22. The summed E-state index contributed by atoms with van der Waals surface area (Å²) in [5.41, 5.74) is 7.10. The Hall–Kier alpha value is -2.04. The molecule has 0 unspecified atom stereocenters. The summed E-state index contributed by atoms with van der Waals surface area (Å²) in [5, 5.41) is 0.816. The van der Waals surface area contributed by atoms with Crippen LogP contribution in [0.1, 0.15) is 28.4 Å². The molecule has 0 aliphatic carbocycles. The minimum Gasteiger partial charge on any atom is -0.273 e. The normalized spacial score (nSPS) is 10.2. The molecular formula is C17H16Cl2N2O2. The van der Waals surface area contributed by atoms with E-state index in [4.69, 9.17) is 23.2 Å². The van der Waals surface area contributed by atoms with E-state index in [0.29, 0.717) is 21.2 Å². The van der Waals surface area contributed by atoms with Crippen LogP contribution in [0.5, 0.6) is 0 Å². The summed E-state index contributed by atoms with van der Waals surface area (Å²) < 4.78 is 0. The number of nitrogens with one attached hydrogen (secondary N) is 2.